The highest BCUT2D eigenvalue weighted by atomic mass is 35.5. The number of nitrogens with zero attached hydrogens (tertiary/aromatic N) is 4. The molecule has 154 valence electrons. The summed E-state index contributed by atoms with van der Waals surface area (Å²) in [4.78, 5) is 30.9. The van der Waals surface area contributed by atoms with E-state index >= 15 is 0 Å². The van der Waals surface area contributed by atoms with E-state index in [-0.39, 0.29) is 6.54 Å². The van der Waals surface area contributed by atoms with Gasteiger partial charge in [-0.2, -0.15) is 0 Å². The van der Waals surface area contributed by atoms with Crippen molar-refractivity contribution < 1.29 is 0 Å². The largest absolute Gasteiger partial charge is 0.332 e. The van der Waals surface area contributed by atoms with Gasteiger partial charge >= 0.3 is 5.69 Å². The molecule has 0 aliphatic carbocycles. The summed E-state index contributed by atoms with van der Waals surface area (Å²) in [6.45, 7) is 0.288. The number of hydrogen-bond acceptors (Lipinski definition) is 4. The average Bonchev–Trinajstić information content (AvgIpc) is 3.06. The highest BCUT2D eigenvalue weighted by molar-refractivity contribution is 7.99. The standard InChI is InChI=1S/C20H15Cl3N4O2S/c1-25-17-16(18(28)26(2)20(25)29)27(10-11-3-4-13(22)9-15(11)23)19(24-17)30-14-7-5-12(21)6-8-14/h3-9H,10H2,1-2H3. The van der Waals surface area contributed by atoms with Crippen LogP contribution in [0, 0.1) is 0 Å². The molecule has 0 atom stereocenters. The van der Waals surface area contributed by atoms with Crippen molar-refractivity contribution in [1.29, 1.82) is 0 Å². The number of benzene rings is 2. The van der Waals surface area contributed by atoms with Gasteiger partial charge in [0.2, 0.25) is 0 Å². The lowest BCUT2D eigenvalue weighted by atomic mass is 10.2. The topological polar surface area (TPSA) is 61.8 Å². The van der Waals surface area contributed by atoms with E-state index in [0.717, 1.165) is 15.0 Å². The molecule has 2 heterocycles. The van der Waals surface area contributed by atoms with E-state index in [1.807, 2.05) is 12.1 Å². The van der Waals surface area contributed by atoms with Gasteiger partial charge in [-0.1, -0.05) is 52.6 Å². The van der Waals surface area contributed by atoms with E-state index in [9.17, 15) is 9.59 Å². The van der Waals surface area contributed by atoms with Crippen molar-refractivity contribution in [3.63, 3.8) is 0 Å². The zero-order valence-corrected chi connectivity index (χ0v) is 19.0. The fourth-order valence-corrected chi connectivity index (χ4v) is 4.55. The van der Waals surface area contributed by atoms with Crippen molar-refractivity contribution in [2.45, 2.75) is 16.6 Å². The lowest BCUT2D eigenvalue weighted by molar-refractivity contribution is 0.696. The van der Waals surface area contributed by atoms with Gasteiger partial charge in [0.05, 0.1) is 6.54 Å². The maximum Gasteiger partial charge on any atom is 0.332 e. The van der Waals surface area contributed by atoms with Gasteiger partial charge in [-0.05, 0) is 42.0 Å². The summed E-state index contributed by atoms with van der Waals surface area (Å²) in [5.41, 5.74) is 0.541. The van der Waals surface area contributed by atoms with Crippen LogP contribution in [0.25, 0.3) is 11.2 Å². The van der Waals surface area contributed by atoms with Gasteiger partial charge < -0.3 is 4.57 Å². The SMILES string of the molecule is Cn1c(=O)c2c(nc(Sc3ccc(Cl)cc3)n2Cc2ccc(Cl)cc2Cl)n(C)c1=O. The maximum atomic E-state index is 13.0. The van der Waals surface area contributed by atoms with Crippen molar-refractivity contribution in [1.82, 2.24) is 18.7 Å². The van der Waals surface area contributed by atoms with Crippen molar-refractivity contribution >= 4 is 57.7 Å². The Morgan fingerprint density at radius 1 is 0.933 bits per heavy atom. The predicted molar refractivity (Wildman–Crippen MR) is 121 cm³/mol. The molecule has 4 aromatic rings. The highest BCUT2D eigenvalue weighted by Gasteiger charge is 2.20. The molecule has 0 amide bonds. The van der Waals surface area contributed by atoms with Crippen LogP contribution in [0.5, 0.6) is 0 Å². The number of rotatable bonds is 4. The Hall–Kier alpha value is -2.19. The molecule has 0 saturated heterocycles. The third-order valence-electron chi connectivity index (χ3n) is 4.68. The average molecular weight is 482 g/mol. The van der Waals surface area contributed by atoms with Gasteiger partial charge in [0.15, 0.2) is 16.3 Å². The molecule has 0 unspecified atom stereocenters. The summed E-state index contributed by atoms with van der Waals surface area (Å²) in [5, 5.41) is 2.18. The minimum atomic E-state index is -0.440. The fourth-order valence-electron chi connectivity index (χ4n) is 3.08. The normalized spacial score (nSPS) is 11.4. The van der Waals surface area contributed by atoms with E-state index in [1.165, 1.54) is 23.4 Å². The molecule has 2 aromatic carbocycles. The quantitative estimate of drug-likeness (QED) is 0.428. The van der Waals surface area contributed by atoms with Crippen molar-refractivity contribution in [2.24, 2.45) is 14.1 Å². The minimum absolute atomic E-state index is 0.288. The Bertz CT molecular complexity index is 1390. The highest BCUT2D eigenvalue weighted by Crippen LogP contribution is 2.31. The van der Waals surface area contributed by atoms with Crippen LogP contribution in [0.3, 0.4) is 0 Å². The number of aromatic nitrogens is 4. The first kappa shape index (κ1) is 21.1. The van der Waals surface area contributed by atoms with Crippen LogP contribution >= 0.6 is 46.6 Å². The second kappa shape index (κ2) is 8.15. The van der Waals surface area contributed by atoms with E-state index < -0.39 is 11.2 Å². The molecule has 0 saturated carbocycles. The molecule has 6 nitrogen and oxygen atoms in total. The summed E-state index contributed by atoms with van der Waals surface area (Å²) < 4.78 is 4.20. The van der Waals surface area contributed by atoms with Gasteiger partial charge in [0, 0.05) is 34.1 Å². The van der Waals surface area contributed by atoms with Crippen LogP contribution in [0.15, 0.2) is 62.1 Å². The maximum absolute atomic E-state index is 13.0. The number of imidazole rings is 1. The first-order chi connectivity index (χ1) is 14.3. The number of hydrogen-bond donors (Lipinski definition) is 0. The minimum Gasteiger partial charge on any atom is -0.308 e. The molecular formula is C20H15Cl3N4O2S. The van der Waals surface area contributed by atoms with Gasteiger partial charge in [-0.3, -0.25) is 13.9 Å². The molecular weight excluding hydrogens is 467 g/mol. The van der Waals surface area contributed by atoms with E-state index in [4.69, 9.17) is 34.8 Å². The lowest BCUT2D eigenvalue weighted by Crippen LogP contribution is -2.37. The molecule has 30 heavy (non-hydrogen) atoms. The van der Waals surface area contributed by atoms with Crippen LogP contribution < -0.4 is 11.2 Å². The molecule has 0 N–H and O–H groups in total. The number of aryl methyl sites for hydroxylation is 1. The third kappa shape index (κ3) is 3.78. The van der Waals surface area contributed by atoms with Crippen LogP contribution in [-0.4, -0.2) is 18.7 Å². The number of fused-ring (bicyclic) bond motifs is 1. The molecule has 10 heteroatoms. The zero-order chi connectivity index (χ0) is 21.6. The summed E-state index contributed by atoms with van der Waals surface area (Å²) in [6, 6.07) is 12.5. The molecule has 0 radical (unpaired) electrons. The summed E-state index contributed by atoms with van der Waals surface area (Å²) in [7, 11) is 3.04. The van der Waals surface area contributed by atoms with Gasteiger partial charge in [0.1, 0.15) is 0 Å². The first-order valence-corrected chi connectivity index (χ1v) is 10.7. The van der Waals surface area contributed by atoms with Gasteiger partial charge in [0.25, 0.3) is 5.56 Å². The molecule has 0 aliphatic rings. The number of halogens is 3. The molecule has 4 rings (SSSR count). The van der Waals surface area contributed by atoms with Crippen LogP contribution in [0.2, 0.25) is 15.1 Å². The van der Waals surface area contributed by atoms with Gasteiger partial charge in [-0.25, -0.2) is 9.78 Å². The molecule has 0 fully saturated rings. The smallest absolute Gasteiger partial charge is 0.308 e. The van der Waals surface area contributed by atoms with Crippen molar-refractivity contribution in [3.05, 3.63) is 83.9 Å². The Labute approximate surface area is 190 Å². The van der Waals surface area contributed by atoms with Crippen molar-refractivity contribution in [3.8, 4) is 0 Å². The van der Waals surface area contributed by atoms with E-state index in [0.29, 0.717) is 31.4 Å². The summed E-state index contributed by atoms with van der Waals surface area (Å²) in [5.74, 6) is 0. The monoisotopic (exact) mass is 480 g/mol. The second-order valence-corrected chi connectivity index (χ2v) is 8.97. The Morgan fingerprint density at radius 2 is 1.60 bits per heavy atom. The Morgan fingerprint density at radius 3 is 2.27 bits per heavy atom. The second-order valence-electron chi connectivity index (χ2n) is 6.65. The molecule has 0 aliphatic heterocycles. The summed E-state index contributed by atoms with van der Waals surface area (Å²) >= 11 is 19.7. The van der Waals surface area contributed by atoms with Crippen LogP contribution in [0.1, 0.15) is 5.56 Å². The molecule has 0 spiro atoms. The van der Waals surface area contributed by atoms with Gasteiger partial charge in [-0.15, -0.1) is 0 Å². The molecule has 2 aromatic heterocycles. The predicted octanol–water partition coefficient (Wildman–Crippen LogP) is 4.59. The van der Waals surface area contributed by atoms with E-state index in [1.54, 1.807) is 41.9 Å². The van der Waals surface area contributed by atoms with Crippen LogP contribution in [0.4, 0.5) is 0 Å². The Balaban J connectivity index is 1.95. The van der Waals surface area contributed by atoms with Crippen molar-refractivity contribution in [2.75, 3.05) is 0 Å². The third-order valence-corrected chi connectivity index (χ3v) is 6.52. The Kier molecular flexibility index (Phi) is 5.72. The summed E-state index contributed by atoms with van der Waals surface area (Å²) in [6.07, 6.45) is 0. The molecule has 0 bridgehead atoms. The lowest BCUT2D eigenvalue weighted by Gasteiger charge is -2.11. The first-order valence-electron chi connectivity index (χ1n) is 8.80. The van der Waals surface area contributed by atoms with Crippen LogP contribution in [-0.2, 0) is 20.6 Å². The fraction of sp³-hybridized carbons (Fsp3) is 0.150. The van der Waals surface area contributed by atoms with E-state index in [2.05, 4.69) is 4.98 Å². The zero-order valence-electron chi connectivity index (χ0n) is 15.9.